The van der Waals surface area contributed by atoms with Crippen LogP contribution in [-0.4, -0.2) is 29.9 Å². The fourth-order valence-corrected chi connectivity index (χ4v) is 1.79. The Labute approximate surface area is 104 Å². The summed E-state index contributed by atoms with van der Waals surface area (Å²) in [4.78, 5) is 26.5. The number of hydrogen-bond donors (Lipinski definition) is 3. The molecule has 0 aliphatic heterocycles. The number of nitrogens with one attached hydrogen (secondary N) is 2. The molecule has 1 heterocycles. The quantitative estimate of drug-likeness (QED) is 0.662. The second kappa shape index (κ2) is 6.85. The van der Waals surface area contributed by atoms with E-state index in [2.05, 4.69) is 15.6 Å². The third-order valence-electron chi connectivity index (χ3n) is 1.96. The Balaban J connectivity index is 2.19. The predicted molar refractivity (Wildman–Crippen MR) is 66.5 cm³/mol. The van der Waals surface area contributed by atoms with E-state index in [0.29, 0.717) is 30.3 Å². The molecule has 94 valence electrons. The zero-order valence-electron chi connectivity index (χ0n) is 9.66. The highest BCUT2D eigenvalue weighted by Gasteiger charge is 2.07. The number of thiazole rings is 1. The number of aromatic nitrogens is 1. The predicted octanol–water partition coefficient (Wildman–Crippen LogP) is -0.0898. The molecule has 0 atom stereocenters. The second-order valence-corrected chi connectivity index (χ2v) is 4.30. The van der Waals surface area contributed by atoms with E-state index in [1.54, 1.807) is 5.38 Å². The Hall–Kier alpha value is -1.63. The SMILES string of the molecule is CCNC(=O)CCNC(=O)Cc1csc(N)n1. The van der Waals surface area contributed by atoms with Crippen molar-refractivity contribution in [1.82, 2.24) is 15.6 Å². The molecule has 7 heteroatoms. The van der Waals surface area contributed by atoms with E-state index in [4.69, 9.17) is 5.73 Å². The van der Waals surface area contributed by atoms with Gasteiger partial charge in [-0.25, -0.2) is 4.98 Å². The van der Waals surface area contributed by atoms with Gasteiger partial charge in [0.1, 0.15) is 0 Å². The van der Waals surface area contributed by atoms with Crippen molar-refractivity contribution in [3.63, 3.8) is 0 Å². The second-order valence-electron chi connectivity index (χ2n) is 3.41. The van der Waals surface area contributed by atoms with Crippen LogP contribution >= 0.6 is 11.3 Å². The number of carbonyl (C=O) groups excluding carboxylic acids is 2. The van der Waals surface area contributed by atoms with Crippen molar-refractivity contribution in [3.8, 4) is 0 Å². The van der Waals surface area contributed by atoms with Crippen LogP contribution < -0.4 is 16.4 Å². The van der Waals surface area contributed by atoms with Crippen LogP contribution in [0.15, 0.2) is 5.38 Å². The molecule has 0 aliphatic rings. The van der Waals surface area contributed by atoms with E-state index in [1.807, 2.05) is 6.92 Å². The van der Waals surface area contributed by atoms with E-state index in [9.17, 15) is 9.59 Å². The maximum absolute atomic E-state index is 11.4. The van der Waals surface area contributed by atoms with Gasteiger partial charge in [-0.2, -0.15) is 0 Å². The topological polar surface area (TPSA) is 97.1 Å². The number of carbonyl (C=O) groups is 2. The summed E-state index contributed by atoms with van der Waals surface area (Å²) in [6.45, 7) is 2.79. The fraction of sp³-hybridized carbons (Fsp3) is 0.500. The van der Waals surface area contributed by atoms with Gasteiger partial charge >= 0.3 is 0 Å². The number of rotatable bonds is 6. The average molecular weight is 256 g/mol. The molecular weight excluding hydrogens is 240 g/mol. The molecule has 6 nitrogen and oxygen atoms in total. The summed E-state index contributed by atoms with van der Waals surface area (Å²) in [5.74, 6) is -0.217. The Bertz CT molecular complexity index is 391. The van der Waals surface area contributed by atoms with Crippen molar-refractivity contribution in [3.05, 3.63) is 11.1 Å². The number of nitrogens with two attached hydrogens (primary N) is 1. The molecule has 0 aromatic carbocycles. The van der Waals surface area contributed by atoms with Crippen LogP contribution in [0.1, 0.15) is 19.0 Å². The van der Waals surface area contributed by atoms with E-state index < -0.39 is 0 Å². The standard InChI is InChI=1S/C10H16N4O2S/c1-2-12-8(15)3-4-13-9(16)5-7-6-17-10(11)14-7/h6H,2-5H2,1H3,(H2,11,14)(H,12,15)(H,13,16). The van der Waals surface area contributed by atoms with Gasteiger partial charge in [0, 0.05) is 24.9 Å². The molecule has 1 aromatic rings. The molecule has 1 rings (SSSR count). The van der Waals surface area contributed by atoms with Crippen molar-refractivity contribution >= 4 is 28.3 Å². The number of nitrogen functional groups attached to an aromatic ring is 1. The van der Waals surface area contributed by atoms with Gasteiger partial charge in [0.05, 0.1) is 12.1 Å². The summed E-state index contributed by atoms with van der Waals surface area (Å²) in [6.07, 6.45) is 0.488. The zero-order valence-corrected chi connectivity index (χ0v) is 10.5. The molecule has 2 amide bonds. The Kier molecular flexibility index (Phi) is 5.41. The average Bonchev–Trinajstić information content (AvgIpc) is 2.64. The largest absolute Gasteiger partial charge is 0.375 e. The lowest BCUT2D eigenvalue weighted by Gasteiger charge is -2.04. The van der Waals surface area contributed by atoms with Crippen molar-refractivity contribution < 1.29 is 9.59 Å². The molecule has 17 heavy (non-hydrogen) atoms. The van der Waals surface area contributed by atoms with Gasteiger partial charge < -0.3 is 16.4 Å². The van der Waals surface area contributed by atoms with Crippen LogP contribution in [0.5, 0.6) is 0 Å². The van der Waals surface area contributed by atoms with Crippen molar-refractivity contribution in [2.24, 2.45) is 0 Å². The van der Waals surface area contributed by atoms with Gasteiger partial charge in [0.25, 0.3) is 0 Å². The van der Waals surface area contributed by atoms with Gasteiger partial charge in [-0.3, -0.25) is 9.59 Å². The third-order valence-corrected chi connectivity index (χ3v) is 2.68. The summed E-state index contributed by atoms with van der Waals surface area (Å²) in [7, 11) is 0. The van der Waals surface area contributed by atoms with Crippen LogP contribution in [0.2, 0.25) is 0 Å². The van der Waals surface area contributed by atoms with E-state index >= 15 is 0 Å². The number of nitrogens with zero attached hydrogens (tertiary/aromatic N) is 1. The van der Waals surface area contributed by atoms with Gasteiger partial charge in [0.15, 0.2) is 5.13 Å². The molecule has 0 bridgehead atoms. The minimum atomic E-state index is -0.153. The van der Waals surface area contributed by atoms with Crippen molar-refractivity contribution in [1.29, 1.82) is 0 Å². The summed E-state index contributed by atoms with van der Waals surface area (Å²) >= 11 is 1.30. The van der Waals surface area contributed by atoms with Crippen LogP contribution in [0, 0.1) is 0 Å². The zero-order chi connectivity index (χ0) is 12.7. The van der Waals surface area contributed by atoms with Crippen LogP contribution in [0.25, 0.3) is 0 Å². The number of anilines is 1. The third kappa shape index (κ3) is 5.30. The monoisotopic (exact) mass is 256 g/mol. The van der Waals surface area contributed by atoms with Gasteiger partial charge in [0.2, 0.25) is 11.8 Å². The first kappa shape index (κ1) is 13.4. The highest BCUT2D eigenvalue weighted by Crippen LogP contribution is 2.11. The first-order valence-electron chi connectivity index (χ1n) is 5.35. The lowest BCUT2D eigenvalue weighted by atomic mass is 10.3. The normalized spacial score (nSPS) is 9.94. The molecule has 0 radical (unpaired) electrons. The highest BCUT2D eigenvalue weighted by atomic mass is 32.1. The van der Waals surface area contributed by atoms with Gasteiger partial charge in [-0.05, 0) is 6.92 Å². The van der Waals surface area contributed by atoms with Crippen LogP contribution in [0.3, 0.4) is 0 Å². The smallest absolute Gasteiger partial charge is 0.226 e. The first-order valence-corrected chi connectivity index (χ1v) is 6.23. The van der Waals surface area contributed by atoms with Crippen LogP contribution in [0.4, 0.5) is 5.13 Å². The summed E-state index contributed by atoms with van der Waals surface area (Å²) < 4.78 is 0. The minimum absolute atomic E-state index is 0.0642. The lowest BCUT2D eigenvalue weighted by molar-refractivity contribution is -0.121. The molecule has 0 fully saturated rings. The van der Waals surface area contributed by atoms with Crippen molar-refractivity contribution in [2.45, 2.75) is 19.8 Å². The molecule has 0 saturated carbocycles. The fourth-order valence-electron chi connectivity index (χ4n) is 1.23. The summed E-state index contributed by atoms with van der Waals surface area (Å²) in [5.41, 5.74) is 6.11. The lowest BCUT2D eigenvalue weighted by Crippen LogP contribution is -2.31. The first-order chi connectivity index (χ1) is 8.11. The Morgan fingerprint density at radius 3 is 2.76 bits per heavy atom. The van der Waals surface area contributed by atoms with Crippen LogP contribution in [-0.2, 0) is 16.0 Å². The number of amides is 2. The molecule has 0 unspecified atom stereocenters. The maximum Gasteiger partial charge on any atom is 0.226 e. The van der Waals surface area contributed by atoms with Gasteiger partial charge in [-0.1, -0.05) is 0 Å². The molecule has 0 aliphatic carbocycles. The Morgan fingerprint density at radius 2 is 2.18 bits per heavy atom. The molecule has 0 saturated heterocycles. The maximum atomic E-state index is 11.4. The summed E-state index contributed by atoms with van der Waals surface area (Å²) in [6, 6.07) is 0. The highest BCUT2D eigenvalue weighted by molar-refractivity contribution is 7.13. The minimum Gasteiger partial charge on any atom is -0.375 e. The van der Waals surface area contributed by atoms with E-state index in [-0.39, 0.29) is 18.2 Å². The number of hydrogen-bond acceptors (Lipinski definition) is 5. The molecular formula is C10H16N4O2S. The summed E-state index contributed by atoms with van der Waals surface area (Å²) in [5, 5.41) is 7.51. The molecule has 0 spiro atoms. The van der Waals surface area contributed by atoms with E-state index in [1.165, 1.54) is 11.3 Å². The van der Waals surface area contributed by atoms with Crippen molar-refractivity contribution in [2.75, 3.05) is 18.8 Å². The molecule has 1 aromatic heterocycles. The Morgan fingerprint density at radius 1 is 1.41 bits per heavy atom. The molecule has 4 N–H and O–H groups in total. The van der Waals surface area contributed by atoms with Gasteiger partial charge in [-0.15, -0.1) is 11.3 Å². The van der Waals surface area contributed by atoms with E-state index in [0.717, 1.165) is 0 Å².